The topological polar surface area (TPSA) is 86.8 Å². The second-order valence-corrected chi connectivity index (χ2v) is 12.0. The normalized spacial score (nSPS) is 12.9. The fraction of sp³-hybridized carbons (Fsp3) is 0.310. The number of aryl methyl sites for hydroxylation is 1. The van der Waals surface area contributed by atoms with Crippen molar-refractivity contribution in [1.29, 1.82) is 0 Å². The van der Waals surface area contributed by atoms with Crippen LogP contribution in [-0.4, -0.2) is 43.8 Å². The van der Waals surface area contributed by atoms with Crippen LogP contribution in [0.3, 0.4) is 0 Å². The number of anilines is 1. The number of carbonyl (C=O) groups is 2. The van der Waals surface area contributed by atoms with Crippen LogP contribution in [0.25, 0.3) is 0 Å². The van der Waals surface area contributed by atoms with Crippen molar-refractivity contribution < 1.29 is 18.0 Å². The Morgan fingerprint density at radius 1 is 0.923 bits per heavy atom. The third-order valence-electron chi connectivity index (χ3n) is 6.45. The molecule has 3 aromatic carbocycles. The summed E-state index contributed by atoms with van der Waals surface area (Å²) in [5.41, 5.74) is 1.92. The summed E-state index contributed by atoms with van der Waals surface area (Å²) in [4.78, 5) is 28.4. The highest BCUT2D eigenvalue weighted by Crippen LogP contribution is 2.35. The molecule has 0 saturated carbocycles. The first-order valence-electron chi connectivity index (χ1n) is 12.6. The van der Waals surface area contributed by atoms with Gasteiger partial charge in [-0.2, -0.15) is 0 Å². The molecule has 2 amide bonds. The monoisotopic (exact) mass is 589 g/mol. The smallest absolute Gasteiger partial charge is 0.264 e. The van der Waals surface area contributed by atoms with Crippen LogP contribution in [0.1, 0.15) is 38.3 Å². The maximum absolute atomic E-state index is 13.9. The summed E-state index contributed by atoms with van der Waals surface area (Å²) in [5.74, 6) is -0.902. The molecule has 2 unspecified atom stereocenters. The Bertz CT molecular complexity index is 1400. The van der Waals surface area contributed by atoms with Crippen molar-refractivity contribution in [2.45, 2.75) is 57.6 Å². The Hall–Kier alpha value is -3.07. The van der Waals surface area contributed by atoms with Crippen LogP contribution < -0.4 is 9.62 Å². The Kier molecular flexibility index (Phi) is 10.4. The van der Waals surface area contributed by atoms with Gasteiger partial charge in [0.05, 0.1) is 20.6 Å². The molecule has 0 fully saturated rings. The van der Waals surface area contributed by atoms with E-state index in [0.717, 1.165) is 21.9 Å². The zero-order chi connectivity index (χ0) is 28.7. The van der Waals surface area contributed by atoms with E-state index in [0.29, 0.717) is 0 Å². The van der Waals surface area contributed by atoms with Gasteiger partial charge in [-0.1, -0.05) is 84.2 Å². The molecule has 39 heavy (non-hydrogen) atoms. The number of halogens is 2. The minimum absolute atomic E-state index is 0.000815. The number of nitrogens with zero attached hydrogens (tertiary/aromatic N) is 2. The van der Waals surface area contributed by atoms with Crippen molar-refractivity contribution in [2.24, 2.45) is 0 Å². The molecule has 0 radical (unpaired) electrons. The van der Waals surface area contributed by atoms with E-state index in [-0.39, 0.29) is 39.1 Å². The molecule has 0 aromatic heterocycles. The zero-order valence-electron chi connectivity index (χ0n) is 22.4. The van der Waals surface area contributed by atoms with Gasteiger partial charge in [0.25, 0.3) is 10.0 Å². The number of amides is 2. The van der Waals surface area contributed by atoms with E-state index in [4.69, 9.17) is 23.2 Å². The molecule has 0 bridgehead atoms. The van der Waals surface area contributed by atoms with Gasteiger partial charge in [-0.05, 0) is 57.0 Å². The predicted octanol–water partition coefficient (Wildman–Crippen LogP) is 5.83. The van der Waals surface area contributed by atoms with Gasteiger partial charge < -0.3 is 10.2 Å². The summed E-state index contributed by atoms with van der Waals surface area (Å²) in [6, 6.07) is 19.0. The fourth-order valence-corrected chi connectivity index (χ4v) is 5.75. The standard InChI is InChI=1S/C29H33Cl2N3O4S/c1-5-21(3)32-29(36)22(4)33(18-23-16-14-20(2)15-17-23)27(35)19-34(26-13-9-12-25(30)28(26)31)39(37,38)24-10-7-6-8-11-24/h6-17,21-22H,5,18-19H2,1-4H3,(H,32,36). The van der Waals surface area contributed by atoms with Crippen LogP contribution in [0.15, 0.2) is 77.7 Å². The van der Waals surface area contributed by atoms with Gasteiger partial charge in [-0.25, -0.2) is 8.42 Å². The molecular weight excluding hydrogens is 557 g/mol. The summed E-state index contributed by atoms with van der Waals surface area (Å²) >= 11 is 12.7. The number of sulfonamides is 1. The third-order valence-corrected chi connectivity index (χ3v) is 9.03. The van der Waals surface area contributed by atoms with E-state index >= 15 is 0 Å². The average Bonchev–Trinajstić information content (AvgIpc) is 2.92. The minimum atomic E-state index is -4.23. The number of hydrogen-bond donors (Lipinski definition) is 1. The Morgan fingerprint density at radius 2 is 1.56 bits per heavy atom. The minimum Gasteiger partial charge on any atom is -0.352 e. The van der Waals surface area contributed by atoms with Crippen molar-refractivity contribution in [3.05, 3.63) is 94.0 Å². The molecule has 0 spiro atoms. The van der Waals surface area contributed by atoms with E-state index in [1.807, 2.05) is 45.0 Å². The zero-order valence-corrected chi connectivity index (χ0v) is 24.7. The van der Waals surface area contributed by atoms with Crippen molar-refractivity contribution in [3.8, 4) is 0 Å². The van der Waals surface area contributed by atoms with Crippen molar-refractivity contribution in [1.82, 2.24) is 10.2 Å². The number of benzene rings is 3. The van der Waals surface area contributed by atoms with Gasteiger partial charge in [-0.3, -0.25) is 13.9 Å². The molecular formula is C29H33Cl2N3O4S. The summed E-state index contributed by atoms with van der Waals surface area (Å²) in [6.07, 6.45) is 0.723. The summed E-state index contributed by atoms with van der Waals surface area (Å²) in [6.45, 7) is 6.93. The van der Waals surface area contributed by atoms with Crippen LogP contribution >= 0.6 is 23.2 Å². The van der Waals surface area contributed by atoms with E-state index in [1.54, 1.807) is 31.2 Å². The first-order chi connectivity index (χ1) is 18.4. The molecule has 0 aliphatic heterocycles. The molecule has 0 saturated heterocycles. The van der Waals surface area contributed by atoms with Crippen molar-refractivity contribution in [2.75, 3.05) is 10.8 Å². The molecule has 208 valence electrons. The molecule has 0 heterocycles. The highest BCUT2D eigenvalue weighted by Gasteiger charge is 2.33. The van der Waals surface area contributed by atoms with Gasteiger partial charge >= 0.3 is 0 Å². The van der Waals surface area contributed by atoms with Gasteiger partial charge in [-0.15, -0.1) is 0 Å². The third kappa shape index (κ3) is 7.53. The van der Waals surface area contributed by atoms with Gasteiger partial charge in [0.2, 0.25) is 11.8 Å². The summed E-state index contributed by atoms with van der Waals surface area (Å²) in [7, 11) is -4.23. The molecule has 7 nitrogen and oxygen atoms in total. The number of hydrogen-bond acceptors (Lipinski definition) is 4. The first-order valence-corrected chi connectivity index (χ1v) is 14.8. The first kappa shape index (κ1) is 30.5. The predicted molar refractivity (Wildman–Crippen MR) is 157 cm³/mol. The Balaban J connectivity index is 2.05. The van der Waals surface area contributed by atoms with E-state index in [2.05, 4.69) is 5.32 Å². The molecule has 0 aliphatic carbocycles. The van der Waals surface area contributed by atoms with Crippen LogP contribution in [0, 0.1) is 6.92 Å². The molecule has 1 N–H and O–H groups in total. The highest BCUT2D eigenvalue weighted by atomic mass is 35.5. The van der Waals surface area contributed by atoms with Crippen LogP contribution in [0.4, 0.5) is 5.69 Å². The maximum Gasteiger partial charge on any atom is 0.264 e. The molecule has 10 heteroatoms. The van der Waals surface area contributed by atoms with Crippen LogP contribution in [0.2, 0.25) is 10.0 Å². The molecule has 2 atom stereocenters. The summed E-state index contributed by atoms with van der Waals surface area (Å²) < 4.78 is 28.6. The SMILES string of the molecule is CCC(C)NC(=O)C(C)N(Cc1ccc(C)cc1)C(=O)CN(c1cccc(Cl)c1Cl)S(=O)(=O)c1ccccc1. The number of nitrogens with one attached hydrogen (secondary N) is 1. The van der Waals surface area contributed by atoms with Crippen LogP contribution in [0.5, 0.6) is 0 Å². The van der Waals surface area contributed by atoms with E-state index < -0.39 is 28.5 Å². The second-order valence-electron chi connectivity index (χ2n) is 9.40. The molecule has 3 rings (SSSR count). The molecule has 3 aromatic rings. The average molecular weight is 591 g/mol. The van der Waals surface area contributed by atoms with Crippen LogP contribution in [-0.2, 0) is 26.2 Å². The van der Waals surface area contributed by atoms with Gasteiger partial charge in [0.1, 0.15) is 12.6 Å². The van der Waals surface area contributed by atoms with E-state index in [9.17, 15) is 18.0 Å². The van der Waals surface area contributed by atoms with Gasteiger partial charge in [0, 0.05) is 12.6 Å². The second kappa shape index (κ2) is 13.3. The lowest BCUT2D eigenvalue weighted by Crippen LogP contribution is -2.52. The molecule has 0 aliphatic rings. The maximum atomic E-state index is 13.9. The largest absolute Gasteiger partial charge is 0.352 e. The Labute approximate surface area is 240 Å². The number of carbonyl (C=O) groups excluding carboxylic acids is 2. The van der Waals surface area contributed by atoms with Gasteiger partial charge in [0.15, 0.2) is 0 Å². The van der Waals surface area contributed by atoms with Crippen molar-refractivity contribution >= 4 is 50.7 Å². The van der Waals surface area contributed by atoms with E-state index in [1.165, 1.54) is 29.2 Å². The lowest BCUT2D eigenvalue weighted by molar-refractivity contribution is -0.139. The Morgan fingerprint density at radius 3 is 2.18 bits per heavy atom. The highest BCUT2D eigenvalue weighted by molar-refractivity contribution is 7.92. The fourth-order valence-electron chi connectivity index (χ4n) is 3.86. The lowest BCUT2D eigenvalue weighted by atomic mass is 10.1. The summed E-state index contributed by atoms with van der Waals surface area (Å²) in [5, 5.41) is 3.06. The lowest BCUT2D eigenvalue weighted by Gasteiger charge is -2.32. The van der Waals surface area contributed by atoms with Crippen molar-refractivity contribution in [3.63, 3.8) is 0 Å². The quantitative estimate of drug-likeness (QED) is 0.305. The number of rotatable bonds is 11.